The third-order valence-corrected chi connectivity index (χ3v) is 2.65. The minimum Gasteiger partial charge on any atom is -0.311 e. The Morgan fingerprint density at radius 2 is 1.87 bits per heavy atom. The summed E-state index contributed by atoms with van der Waals surface area (Å²) in [5.74, 6) is 5.32. The Morgan fingerprint density at radius 3 is 2.27 bits per heavy atom. The van der Waals surface area contributed by atoms with Crippen LogP contribution in [-0.4, -0.2) is 0 Å². The molecule has 3 heteroatoms. The van der Waals surface area contributed by atoms with E-state index in [1.165, 1.54) is 11.1 Å². The van der Waals surface area contributed by atoms with Crippen molar-refractivity contribution in [2.75, 3.05) is 0 Å². The van der Waals surface area contributed by atoms with Crippen molar-refractivity contribution < 1.29 is 0 Å². The van der Waals surface area contributed by atoms with Crippen LogP contribution in [0.2, 0.25) is 0 Å². The Hall–Kier alpha value is -0.900. The number of aryl methyl sites for hydroxylation is 1. The highest BCUT2D eigenvalue weighted by Gasteiger charge is 2.15. The smallest absolute Gasteiger partial charge is 0.0938 e. The molecular weight excluding hydrogens is 186 g/mol. The minimum absolute atomic E-state index is 0.170. The lowest BCUT2D eigenvalue weighted by Crippen LogP contribution is -2.34. The summed E-state index contributed by atoms with van der Waals surface area (Å²) in [6.45, 7) is 8.65. The van der Waals surface area contributed by atoms with Gasteiger partial charge in [-0.25, -0.2) is 5.43 Å². The van der Waals surface area contributed by atoms with Crippen molar-refractivity contribution in [1.82, 2.24) is 5.43 Å². The van der Waals surface area contributed by atoms with Gasteiger partial charge in [-0.1, -0.05) is 39.0 Å². The standard InChI is InChI=1S/C12H21N3/c1-8-7-9(12(2,3)4)5-6-10(8)11(13)15-14/h5-7,11,15H,13-14H2,1-4H3. The molecule has 0 aromatic heterocycles. The lowest BCUT2D eigenvalue weighted by atomic mass is 9.85. The number of hydrogen-bond donors (Lipinski definition) is 3. The molecule has 0 bridgehead atoms. The van der Waals surface area contributed by atoms with Gasteiger partial charge in [-0.3, -0.25) is 5.84 Å². The van der Waals surface area contributed by atoms with Gasteiger partial charge in [-0.15, -0.1) is 0 Å². The summed E-state index contributed by atoms with van der Waals surface area (Å²) in [4.78, 5) is 0. The lowest BCUT2D eigenvalue weighted by molar-refractivity contribution is 0.567. The molecule has 1 atom stereocenters. The highest BCUT2D eigenvalue weighted by Crippen LogP contribution is 2.25. The van der Waals surface area contributed by atoms with Crippen LogP contribution >= 0.6 is 0 Å². The maximum Gasteiger partial charge on any atom is 0.0938 e. The van der Waals surface area contributed by atoms with Crippen molar-refractivity contribution in [1.29, 1.82) is 0 Å². The highest BCUT2D eigenvalue weighted by molar-refractivity contribution is 5.35. The van der Waals surface area contributed by atoms with Crippen LogP contribution in [0.4, 0.5) is 0 Å². The average Bonchev–Trinajstić information content (AvgIpc) is 2.15. The molecule has 1 aromatic carbocycles. The van der Waals surface area contributed by atoms with Crippen LogP contribution in [0.15, 0.2) is 18.2 Å². The normalized spacial score (nSPS) is 14.0. The first-order valence-electron chi connectivity index (χ1n) is 5.19. The maximum atomic E-state index is 5.82. The molecule has 0 aliphatic carbocycles. The van der Waals surface area contributed by atoms with E-state index in [1.54, 1.807) is 0 Å². The number of nitrogens with two attached hydrogens (primary N) is 2. The van der Waals surface area contributed by atoms with Crippen molar-refractivity contribution in [3.63, 3.8) is 0 Å². The molecule has 1 rings (SSSR count). The Labute approximate surface area is 91.8 Å². The Morgan fingerprint density at radius 1 is 1.27 bits per heavy atom. The van der Waals surface area contributed by atoms with Crippen molar-refractivity contribution >= 4 is 0 Å². The lowest BCUT2D eigenvalue weighted by Gasteiger charge is -2.22. The van der Waals surface area contributed by atoms with Gasteiger partial charge in [0.05, 0.1) is 6.17 Å². The van der Waals surface area contributed by atoms with Crippen LogP contribution in [0.3, 0.4) is 0 Å². The van der Waals surface area contributed by atoms with Crippen molar-refractivity contribution in [2.45, 2.75) is 39.3 Å². The summed E-state index contributed by atoms with van der Waals surface area (Å²) >= 11 is 0. The summed E-state index contributed by atoms with van der Waals surface area (Å²) in [5, 5.41) is 0. The Balaban J connectivity index is 3.09. The molecule has 0 fully saturated rings. The van der Waals surface area contributed by atoms with E-state index in [2.05, 4.69) is 45.3 Å². The predicted molar refractivity (Wildman–Crippen MR) is 64.1 cm³/mol. The SMILES string of the molecule is Cc1cc(C(C)(C)C)ccc1C(N)NN. The van der Waals surface area contributed by atoms with E-state index in [4.69, 9.17) is 11.6 Å². The molecule has 15 heavy (non-hydrogen) atoms. The second-order valence-corrected chi connectivity index (χ2v) is 4.97. The second-order valence-electron chi connectivity index (χ2n) is 4.97. The average molecular weight is 207 g/mol. The zero-order chi connectivity index (χ0) is 11.6. The fraction of sp³-hybridized carbons (Fsp3) is 0.500. The van der Waals surface area contributed by atoms with Gasteiger partial charge < -0.3 is 5.73 Å². The fourth-order valence-electron chi connectivity index (χ4n) is 1.58. The molecule has 0 aliphatic rings. The molecule has 0 aliphatic heterocycles. The molecule has 0 amide bonds. The van der Waals surface area contributed by atoms with E-state index >= 15 is 0 Å². The largest absolute Gasteiger partial charge is 0.311 e. The van der Waals surface area contributed by atoms with E-state index in [0.29, 0.717) is 0 Å². The summed E-state index contributed by atoms with van der Waals surface area (Å²) in [6, 6.07) is 6.33. The van der Waals surface area contributed by atoms with Gasteiger partial charge in [-0.2, -0.15) is 0 Å². The summed E-state index contributed by atoms with van der Waals surface area (Å²) < 4.78 is 0. The van der Waals surface area contributed by atoms with Crippen LogP contribution < -0.4 is 17.0 Å². The van der Waals surface area contributed by atoms with Crippen molar-refractivity contribution in [3.8, 4) is 0 Å². The van der Waals surface area contributed by atoms with Crippen LogP contribution in [0.5, 0.6) is 0 Å². The molecule has 84 valence electrons. The number of nitrogens with one attached hydrogen (secondary N) is 1. The van der Waals surface area contributed by atoms with Gasteiger partial charge in [0.1, 0.15) is 0 Å². The van der Waals surface area contributed by atoms with Crippen LogP contribution in [0.25, 0.3) is 0 Å². The van der Waals surface area contributed by atoms with E-state index in [-0.39, 0.29) is 11.6 Å². The number of benzene rings is 1. The van der Waals surface area contributed by atoms with Gasteiger partial charge in [0, 0.05) is 0 Å². The molecule has 1 unspecified atom stereocenters. The molecule has 0 spiro atoms. The second kappa shape index (κ2) is 4.31. The van der Waals surface area contributed by atoms with Gasteiger partial charge in [0.15, 0.2) is 0 Å². The Kier molecular flexibility index (Phi) is 3.50. The molecule has 0 heterocycles. The number of hydrogen-bond acceptors (Lipinski definition) is 3. The summed E-state index contributed by atoms with van der Waals surface area (Å²) in [5.41, 5.74) is 12.1. The first-order chi connectivity index (χ1) is 6.86. The van der Waals surface area contributed by atoms with Gasteiger partial charge in [0.25, 0.3) is 0 Å². The first kappa shape index (κ1) is 12.2. The molecular formula is C12H21N3. The third-order valence-electron chi connectivity index (χ3n) is 2.65. The topological polar surface area (TPSA) is 64.1 Å². The number of rotatable bonds is 2. The van der Waals surface area contributed by atoms with Gasteiger partial charge >= 0.3 is 0 Å². The van der Waals surface area contributed by atoms with Crippen LogP contribution in [0.1, 0.15) is 43.6 Å². The van der Waals surface area contributed by atoms with Gasteiger partial charge in [-0.05, 0) is 29.0 Å². The predicted octanol–water partition coefficient (Wildman–Crippen LogP) is 1.71. The molecule has 0 saturated heterocycles. The monoisotopic (exact) mass is 207 g/mol. The molecule has 0 radical (unpaired) electrons. The highest BCUT2D eigenvalue weighted by atomic mass is 15.3. The van der Waals surface area contributed by atoms with Crippen LogP contribution in [-0.2, 0) is 5.41 Å². The van der Waals surface area contributed by atoms with Crippen molar-refractivity contribution in [2.24, 2.45) is 11.6 Å². The van der Waals surface area contributed by atoms with E-state index < -0.39 is 0 Å². The molecule has 3 nitrogen and oxygen atoms in total. The van der Waals surface area contributed by atoms with Gasteiger partial charge in [0.2, 0.25) is 0 Å². The van der Waals surface area contributed by atoms with E-state index in [9.17, 15) is 0 Å². The number of hydrazine groups is 1. The molecule has 1 aromatic rings. The first-order valence-corrected chi connectivity index (χ1v) is 5.19. The summed E-state index contributed by atoms with van der Waals surface area (Å²) in [7, 11) is 0. The Bertz CT molecular complexity index is 339. The van der Waals surface area contributed by atoms with E-state index in [1.807, 2.05) is 6.07 Å². The fourth-order valence-corrected chi connectivity index (χ4v) is 1.58. The third kappa shape index (κ3) is 2.78. The molecule has 0 saturated carbocycles. The van der Waals surface area contributed by atoms with E-state index in [0.717, 1.165) is 5.56 Å². The quantitative estimate of drug-likeness (QED) is 0.393. The minimum atomic E-state index is -0.293. The summed E-state index contributed by atoms with van der Waals surface area (Å²) in [6.07, 6.45) is -0.293. The van der Waals surface area contributed by atoms with Crippen LogP contribution in [0, 0.1) is 6.92 Å². The maximum absolute atomic E-state index is 5.82. The molecule has 5 N–H and O–H groups in total. The zero-order valence-electron chi connectivity index (χ0n) is 9.96. The zero-order valence-corrected chi connectivity index (χ0v) is 9.96. The van der Waals surface area contributed by atoms with Crippen molar-refractivity contribution in [3.05, 3.63) is 34.9 Å².